The molecular formula is C14H26. The van der Waals surface area contributed by atoms with Crippen molar-refractivity contribution in [1.29, 1.82) is 0 Å². The Hall–Kier alpha value is 0. The molecule has 0 saturated heterocycles. The monoisotopic (exact) mass is 194 g/mol. The van der Waals surface area contributed by atoms with E-state index in [1.165, 1.54) is 57.8 Å². The van der Waals surface area contributed by atoms with Crippen LogP contribution in [0.2, 0.25) is 0 Å². The van der Waals surface area contributed by atoms with Gasteiger partial charge in [0.1, 0.15) is 0 Å². The molecule has 2 fully saturated rings. The van der Waals surface area contributed by atoms with Gasteiger partial charge in [0.15, 0.2) is 0 Å². The van der Waals surface area contributed by atoms with Crippen LogP contribution in [0.4, 0.5) is 0 Å². The van der Waals surface area contributed by atoms with Crippen LogP contribution in [0.3, 0.4) is 0 Å². The third kappa shape index (κ3) is 1.99. The molecule has 2 aliphatic carbocycles. The average Bonchev–Trinajstić information content (AvgIpc) is 2.25. The predicted octanol–water partition coefficient (Wildman–Crippen LogP) is 4.78. The standard InChI is InChI=1S/C14H26/c1-12(2)14-9-4-3-6-13(8-11-14)7-5-10-14/h12-13H,3-11H2,1-2H3. The van der Waals surface area contributed by atoms with E-state index < -0.39 is 0 Å². The second kappa shape index (κ2) is 4.24. The molecule has 2 saturated carbocycles. The molecule has 0 nitrogen and oxygen atoms in total. The van der Waals surface area contributed by atoms with Gasteiger partial charge in [-0.15, -0.1) is 0 Å². The fourth-order valence-electron chi connectivity index (χ4n) is 3.82. The molecule has 0 heteroatoms. The molecule has 2 bridgehead atoms. The summed E-state index contributed by atoms with van der Waals surface area (Å²) in [5, 5.41) is 0. The lowest BCUT2D eigenvalue weighted by Crippen LogP contribution is -2.27. The van der Waals surface area contributed by atoms with Gasteiger partial charge in [-0.05, 0) is 42.9 Å². The second-order valence-corrected chi connectivity index (χ2v) is 6.06. The molecule has 2 atom stereocenters. The number of fused-ring (bicyclic) bond motifs is 3. The Bertz CT molecular complexity index is 178. The first-order valence-electron chi connectivity index (χ1n) is 6.73. The molecular weight excluding hydrogens is 168 g/mol. The molecule has 0 heterocycles. The van der Waals surface area contributed by atoms with Crippen molar-refractivity contribution in [3.63, 3.8) is 0 Å². The van der Waals surface area contributed by atoms with Crippen molar-refractivity contribution in [1.82, 2.24) is 0 Å². The smallest absolute Gasteiger partial charge is 0.0274 e. The summed E-state index contributed by atoms with van der Waals surface area (Å²) >= 11 is 0. The fraction of sp³-hybridized carbons (Fsp3) is 1.00. The summed E-state index contributed by atoms with van der Waals surface area (Å²) < 4.78 is 0. The maximum atomic E-state index is 2.46. The third-order valence-corrected chi connectivity index (χ3v) is 5.10. The molecule has 0 amide bonds. The highest BCUT2D eigenvalue weighted by Crippen LogP contribution is 2.48. The maximum absolute atomic E-state index is 2.46. The van der Waals surface area contributed by atoms with Gasteiger partial charge in [-0.2, -0.15) is 0 Å². The maximum Gasteiger partial charge on any atom is -0.0274 e. The van der Waals surface area contributed by atoms with Gasteiger partial charge in [0.05, 0.1) is 0 Å². The van der Waals surface area contributed by atoms with Crippen molar-refractivity contribution in [3.05, 3.63) is 0 Å². The van der Waals surface area contributed by atoms with E-state index in [-0.39, 0.29) is 0 Å². The lowest BCUT2D eigenvalue weighted by Gasteiger charge is -2.38. The number of rotatable bonds is 1. The Morgan fingerprint density at radius 3 is 2.36 bits per heavy atom. The first kappa shape index (κ1) is 10.5. The summed E-state index contributed by atoms with van der Waals surface area (Å²) in [5.74, 6) is 2.01. The van der Waals surface area contributed by atoms with E-state index in [0.29, 0.717) is 0 Å². The van der Waals surface area contributed by atoms with Gasteiger partial charge in [0, 0.05) is 0 Å². The fourth-order valence-corrected chi connectivity index (χ4v) is 3.82. The lowest BCUT2D eigenvalue weighted by molar-refractivity contribution is 0.127. The minimum atomic E-state index is 0.745. The Balaban J connectivity index is 2.13. The van der Waals surface area contributed by atoms with Gasteiger partial charge in [-0.1, -0.05) is 46.0 Å². The van der Waals surface area contributed by atoms with Gasteiger partial charge in [-0.3, -0.25) is 0 Å². The number of hydrogen-bond acceptors (Lipinski definition) is 0. The molecule has 2 aliphatic rings. The Morgan fingerprint density at radius 1 is 0.857 bits per heavy atom. The van der Waals surface area contributed by atoms with Crippen LogP contribution in [-0.4, -0.2) is 0 Å². The normalized spacial score (nSPS) is 39.2. The molecule has 0 aromatic carbocycles. The third-order valence-electron chi connectivity index (χ3n) is 5.10. The van der Waals surface area contributed by atoms with Crippen LogP contribution in [0, 0.1) is 17.3 Å². The summed E-state index contributed by atoms with van der Waals surface area (Å²) in [6.07, 6.45) is 13.7. The number of hydrogen-bond donors (Lipinski definition) is 0. The van der Waals surface area contributed by atoms with Crippen LogP contribution in [0.5, 0.6) is 0 Å². The van der Waals surface area contributed by atoms with Gasteiger partial charge >= 0.3 is 0 Å². The predicted molar refractivity (Wildman–Crippen MR) is 62.3 cm³/mol. The van der Waals surface area contributed by atoms with Gasteiger partial charge in [-0.25, -0.2) is 0 Å². The summed E-state index contributed by atoms with van der Waals surface area (Å²) in [6.45, 7) is 4.92. The second-order valence-electron chi connectivity index (χ2n) is 6.06. The molecule has 0 spiro atoms. The van der Waals surface area contributed by atoms with Crippen molar-refractivity contribution in [2.75, 3.05) is 0 Å². The van der Waals surface area contributed by atoms with E-state index in [1.54, 1.807) is 0 Å². The molecule has 0 radical (unpaired) electrons. The van der Waals surface area contributed by atoms with Gasteiger partial charge < -0.3 is 0 Å². The van der Waals surface area contributed by atoms with Crippen LogP contribution < -0.4 is 0 Å². The summed E-state index contributed by atoms with van der Waals surface area (Å²) in [7, 11) is 0. The minimum Gasteiger partial charge on any atom is -0.0622 e. The van der Waals surface area contributed by atoms with Gasteiger partial charge in [0.2, 0.25) is 0 Å². The average molecular weight is 194 g/mol. The zero-order valence-corrected chi connectivity index (χ0v) is 10.0. The van der Waals surface area contributed by atoms with E-state index in [1.807, 2.05) is 0 Å². The molecule has 14 heavy (non-hydrogen) atoms. The van der Waals surface area contributed by atoms with E-state index in [9.17, 15) is 0 Å². The van der Waals surface area contributed by atoms with Crippen molar-refractivity contribution < 1.29 is 0 Å². The Morgan fingerprint density at radius 2 is 1.57 bits per heavy atom. The largest absolute Gasteiger partial charge is 0.0622 e. The Labute approximate surface area is 89.5 Å². The topological polar surface area (TPSA) is 0 Å². The highest BCUT2D eigenvalue weighted by molar-refractivity contribution is 4.87. The summed E-state index contributed by atoms with van der Waals surface area (Å²) in [5.41, 5.74) is 0.745. The van der Waals surface area contributed by atoms with Crippen molar-refractivity contribution in [2.24, 2.45) is 17.3 Å². The molecule has 2 unspecified atom stereocenters. The first-order valence-corrected chi connectivity index (χ1v) is 6.73. The van der Waals surface area contributed by atoms with Crippen LogP contribution >= 0.6 is 0 Å². The van der Waals surface area contributed by atoms with Crippen LogP contribution in [0.15, 0.2) is 0 Å². The summed E-state index contributed by atoms with van der Waals surface area (Å²) in [6, 6.07) is 0. The molecule has 82 valence electrons. The van der Waals surface area contributed by atoms with Crippen molar-refractivity contribution >= 4 is 0 Å². The van der Waals surface area contributed by atoms with Crippen LogP contribution in [0.25, 0.3) is 0 Å². The van der Waals surface area contributed by atoms with E-state index in [0.717, 1.165) is 17.3 Å². The SMILES string of the molecule is CC(C)C12CCCCC(CCC1)CC2. The quantitative estimate of drug-likeness (QED) is 0.563. The van der Waals surface area contributed by atoms with E-state index in [2.05, 4.69) is 13.8 Å². The highest BCUT2D eigenvalue weighted by atomic mass is 14.4. The molecule has 0 N–H and O–H groups in total. The lowest BCUT2D eigenvalue weighted by atomic mass is 9.67. The van der Waals surface area contributed by atoms with Crippen LogP contribution in [0.1, 0.15) is 71.6 Å². The minimum absolute atomic E-state index is 0.745. The molecule has 0 aromatic heterocycles. The highest BCUT2D eigenvalue weighted by Gasteiger charge is 2.36. The van der Waals surface area contributed by atoms with Gasteiger partial charge in [0.25, 0.3) is 0 Å². The molecule has 0 aliphatic heterocycles. The zero-order chi connectivity index (χ0) is 10.0. The molecule has 2 rings (SSSR count). The van der Waals surface area contributed by atoms with Crippen molar-refractivity contribution in [3.8, 4) is 0 Å². The van der Waals surface area contributed by atoms with Crippen LogP contribution in [-0.2, 0) is 0 Å². The summed E-state index contributed by atoms with van der Waals surface area (Å²) in [4.78, 5) is 0. The van der Waals surface area contributed by atoms with E-state index >= 15 is 0 Å². The first-order chi connectivity index (χ1) is 6.73. The molecule has 0 aromatic rings. The zero-order valence-electron chi connectivity index (χ0n) is 10.0. The van der Waals surface area contributed by atoms with E-state index in [4.69, 9.17) is 0 Å². The Kier molecular flexibility index (Phi) is 3.19. The van der Waals surface area contributed by atoms with Crippen molar-refractivity contribution in [2.45, 2.75) is 71.6 Å².